The molecule has 1 aromatic carbocycles. The van der Waals surface area contributed by atoms with E-state index in [1.165, 1.54) is 18.2 Å². The second kappa shape index (κ2) is 3.84. The summed E-state index contributed by atoms with van der Waals surface area (Å²) in [4.78, 5) is 16.1. The molecule has 1 aromatic rings. The molecule has 0 spiro atoms. The topological polar surface area (TPSA) is 79.0 Å². The van der Waals surface area contributed by atoms with Gasteiger partial charge in [0.1, 0.15) is 0 Å². The largest absolute Gasteiger partial charge is 0.380 e. The Balaban J connectivity index is 2.29. The molecular formula is C10H11N3O3. The van der Waals surface area contributed by atoms with E-state index in [1.807, 2.05) is 0 Å². The first-order valence-corrected chi connectivity index (χ1v) is 4.62. The van der Waals surface area contributed by atoms with Crippen LogP contribution in [0.5, 0.6) is 0 Å². The van der Waals surface area contributed by atoms with E-state index in [9.17, 15) is 4.79 Å². The third kappa shape index (κ3) is 1.83. The Labute approximate surface area is 92.0 Å². The smallest absolute Gasteiger partial charge is 0.176 e. The molecule has 0 unspecified atom stereocenters. The van der Waals surface area contributed by atoms with Gasteiger partial charge in [-0.15, -0.1) is 4.94 Å². The third-order valence-corrected chi connectivity index (χ3v) is 2.14. The summed E-state index contributed by atoms with van der Waals surface area (Å²) >= 11 is 0. The molecule has 1 aliphatic heterocycles. The van der Waals surface area contributed by atoms with Gasteiger partial charge in [0.05, 0.1) is 11.9 Å². The number of hydrogen-bond donors (Lipinski definition) is 2. The predicted octanol–water partition coefficient (Wildman–Crippen LogP) is 1.00. The third-order valence-electron chi connectivity index (χ3n) is 2.14. The number of carbonyl (C=O) groups is 1. The number of Topliss-reactive ketones (excluding diaryl/α,β-unsaturated/α-hetero) is 1. The summed E-state index contributed by atoms with van der Waals surface area (Å²) in [6.07, 6.45) is 1.40. The van der Waals surface area contributed by atoms with Crippen LogP contribution in [-0.2, 0) is 4.94 Å². The molecule has 0 atom stereocenters. The minimum atomic E-state index is -0.0427. The van der Waals surface area contributed by atoms with Crippen molar-refractivity contribution in [2.75, 3.05) is 5.06 Å². The molecule has 0 radical (unpaired) electrons. The van der Waals surface area contributed by atoms with Crippen LogP contribution in [0.15, 0.2) is 36.3 Å². The highest BCUT2D eigenvalue weighted by Gasteiger charge is 2.20. The minimum Gasteiger partial charge on any atom is -0.380 e. The number of rotatable bonds is 2. The lowest BCUT2D eigenvalue weighted by molar-refractivity contribution is -0.304. The van der Waals surface area contributed by atoms with Crippen molar-refractivity contribution in [2.24, 2.45) is 5.73 Å². The summed E-state index contributed by atoms with van der Waals surface area (Å²) in [7, 11) is 0. The number of nitrogens with zero attached hydrogens (tertiary/aromatic N) is 2. The first kappa shape index (κ1) is 10.5. The summed E-state index contributed by atoms with van der Waals surface area (Å²) < 4.78 is 0. The van der Waals surface area contributed by atoms with Gasteiger partial charge in [0.15, 0.2) is 11.6 Å². The zero-order valence-corrected chi connectivity index (χ0v) is 8.62. The van der Waals surface area contributed by atoms with Crippen LogP contribution < -0.4 is 10.8 Å². The van der Waals surface area contributed by atoms with Crippen LogP contribution in [0.3, 0.4) is 0 Å². The van der Waals surface area contributed by atoms with Crippen LogP contribution in [0.2, 0.25) is 0 Å². The number of nitrogens with two attached hydrogens (primary N) is 1. The average molecular weight is 221 g/mol. The minimum absolute atomic E-state index is 0.0427. The van der Waals surface area contributed by atoms with Crippen LogP contribution in [0.4, 0.5) is 5.69 Å². The fourth-order valence-corrected chi connectivity index (χ4v) is 1.31. The first-order chi connectivity index (χ1) is 7.58. The number of hydroxylamine groups is 3. The van der Waals surface area contributed by atoms with E-state index in [0.29, 0.717) is 16.5 Å². The molecule has 1 heterocycles. The Morgan fingerprint density at radius 2 is 2.25 bits per heavy atom. The van der Waals surface area contributed by atoms with Crippen LogP contribution >= 0.6 is 0 Å². The molecule has 0 saturated carbocycles. The van der Waals surface area contributed by atoms with Crippen molar-refractivity contribution in [2.45, 2.75) is 6.92 Å². The van der Waals surface area contributed by atoms with Gasteiger partial charge in [0, 0.05) is 5.56 Å². The van der Waals surface area contributed by atoms with Gasteiger partial charge >= 0.3 is 0 Å². The fraction of sp³-hybridized carbons (Fsp3) is 0.100. The highest BCUT2D eigenvalue weighted by Crippen LogP contribution is 2.22. The van der Waals surface area contributed by atoms with Crippen molar-refractivity contribution >= 4 is 11.5 Å². The fourth-order valence-electron chi connectivity index (χ4n) is 1.31. The van der Waals surface area contributed by atoms with Crippen LogP contribution in [0.25, 0.3) is 0 Å². The van der Waals surface area contributed by atoms with E-state index >= 15 is 0 Å². The predicted molar refractivity (Wildman–Crippen MR) is 55.9 cm³/mol. The van der Waals surface area contributed by atoms with Gasteiger partial charge < -0.3 is 5.73 Å². The maximum atomic E-state index is 11.2. The van der Waals surface area contributed by atoms with E-state index in [2.05, 4.69) is 0 Å². The van der Waals surface area contributed by atoms with Gasteiger partial charge in [-0.2, -0.15) is 5.06 Å². The van der Waals surface area contributed by atoms with Crippen LogP contribution in [0, 0.1) is 0 Å². The van der Waals surface area contributed by atoms with Gasteiger partial charge in [0.2, 0.25) is 0 Å². The van der Waals surface area contributed by atoms with Gasteiger partial charge in [-0.25, -0.2) is 0 Å². The number of hydrogen-bond acceptors (Lipinski definition) is 6. The van der Waals surface area contributed by atoms with Crippen molar-refractivity contribution in [3.05, 3.63) is 41.8 Å². The Hall–Kier alpha value is -2.05. The summed E-state index contributed by atoms with van der Waals surface area (Å²) in [5.41, 5.74) is 6.57. The van der Waals surface area contributed by atoms with Crippen LogP contribution in [-0.4, -0.2) is 16.2 Å². The highest BCUT2D eigenvalue weighted by molar-refractivity contribution is 5.94. The summed E-state index contributed by atoms with van der Waals surface area (Å²) in [6.45, 7) is 1.48. The molecule has 2 rings (SSSR count). The molecule has 0 amide bonds. The maximum absolute atomic E-state index is 11.2. The second-order valence-electron chi connectivity index (χ2n) is 3.34. The normalized spacial score (nSPS) is 15.2. The van der Waals surface area contributed by atoms with Gasteiger partial charge in [-0.3, -0.25) is 10.0 Å². The molecule has 0 saturated heterocycles. The van der Waals surface area contributed by atoms with Crippen molar-refractivity contribution in [3.8, 4) is 0 Å². The molecule has 1 aliphatic rings. The molecule has 0 bridgehead atoms. The Bertz CT molecular complexity index is 458. The molecular weight excluding hydrogens is 210 g/mol. The maximum Gasteiger partial charge on any atom is 0.176 e. The summed E-state index contributed by atoms with van der Waals surface area (Å²) in [5, 5.41) is 10.8. The molecule has 84 valence electrons. The zero-order chi connectivity index (χ0) is 11.7. The van der Waals surface area contributed by atoms with E-state index < -0.39 is 0 Å². The summed E-state index contributed by atoms with van der Waals surface area (Å²) in [6, 6.07) is 6.80. The molecule has 6 nitrogen and oxygen atoms in total. The van der Waals surface area contributed by atoms with Crippen LogP contribution in [0.1, 0.15) is 17.3 Å². The molecule has 0 aliphatic carbocycles. The zero-order valence-electron chi connectivity index (χ0n) is 8.62. The molecule has 6 heteroatoms. The van der Waals surface area contributed by atoms with Crippen molar-refractivity contribution in [1.82, 2.24) is 5.23 Å². The lowest BCUT2D eigenvalue weighted by Crippen LogP contribution is -2.22. The molecule has 3 N–H and O–H groups in total. The number of carbonyl (C=O) groups excluding carboxylic acids is 1. The first-order valence-electron chi connectivity index (χ1n) is 4.62. The van der Waals surface area contributed by atoms with E-state index in [-0.39, 0.29) is 11.6 Å². The molecule has 0 aromatic heterocycles. The lowest BCUT2D eigenvalue weighted by atomic mass is 10.1. The van der Waals surface area contributed by atoms with Crippen molar-refractivity contribution in [1.29, 1.82) is 0 Å². The number of benzene rings is 1. The highest BCUT2D eigenvalue weighted by atomic mass is 17.0. The SMILES string of the molecule is CC(=O)c1cccc(N2C=C(N)N(O)O2)c1. The molecule has 16 heavy (non-hydrogen) atoms. The Morgan fingerprint density at radius 1 is 1.50 bits per heavy atom. The van der Waals surface area contributed by atoms with E-state index in [1.54, 1.807) is 24.3 Å². The van der Waals surface area contributed by atoms with Crippen molar-refractivity contribution in [3.63, 3.8) is 0 Å². The number of ketones is 1. The summed E-state index contributed by atoms with van der Waals surface area (Å²) in [5.74, 6) is 0.0204. The lowest BCUT2D eigenvalue weighted by Gasteiger charge is -2.15. The van der Waals surface area contributed by atoms with Crippen molar-refractivity contribution < 1.29 is 14.9 Å². The van der Waals surface area contributed by atoms with Gasteiger partial charge in [-0.1, -0.05) is 17.4 Å². The van der Waals surface area contributed by atoms with E-state index in [0.717, 1.165) is 0 Å². The number of anilines is 1. The quantitative estimate of drug-likeness (QED) is 0.725. The monoisotopic (exact) mass is 221 g/mol. The molecule has 0 fully saturated rings. The Morgan fingerprint density at radius 3 is 2.81 bits per heavy atom. The average Bonchev–Trinajstić information content (AvgIpc) is 2.59. The Kier molecular flexibility index (Phi) is 2.51. The van der Waals surface area contributed by atoms with E-state index in [4.69, 9.17) is 15.9 Å². The van der Waals surface area contributed by atoms with Gasteiger partial charge in [-0.05, 0) is 19.1 Å². The second-order valence-corrected chi connectivity index (χ2v) is 3.34. The van der Waals surface area contributed by atoms with Gasteiger partial charge in [0.25, 0.3) is 0 Å². The standard InChI is InChI=1S/C10H11N3O3/c1-7(14)8-3-2-4-9(5-8)12-6-10(11)13(15)16-12/h2-6,15H,11H2,1H3.